The number of rotatable bonds is 4. The Hall–Kier alpha value is -2.64. The van der Waals surface area contributed by atoms with Crippen molar-refractivity contribution in [3.05, 3.63) is 42.2 Å². The molecule has 0 radical (unpaired) electrons. The molecule has 2 aromatic rings. The number of hydrogen-bond acceptors (Lipinski definition) is 7. The Labute approximate surface area is 173 Å². The minimum Gasteiger partial charge on any atom is -0.388 e. The van der Waals surface area contributed by atoms with Crippen LogP contribution in [0.5, 0.6) is 0 Å². The molecule has 1 aromatic heterocycles. The predicted molar refractivity (Wildman–Crippen MR) is 120 cm³/mol. The summed E-state index contributed by atoms with van der Waals surface area (Å²) in [5.74, 6) is 0.791. The van der Waals surface area contributed by atoms with E-state index in [1.165, 1.54) is 5.57 Å². The maximum atomic E-state index is 6.08. The van der Waals surface area contributed by atoms with Gasteiger partial charge in [-0.1, -0.05) is 12.1 Å². The van der Waals surface area contributed by atoms with Crippen LogP contribution >= 0.6 is 0 Å². The number of aromatic nitrogens is 2. The minimum atomic E-state index is 0.287. The van der Waals surface area contributed by atoms with Crippen molar-refractivity contribution in [2.24, 2.45) is 5.73 Å². The maximum Gasteiger partial charge on any atom is 0.225 e. The zero-order valence-electron chi connectivity index (χ0n) is 17.5. The van der Waals surface area contributed by atoms with Crippen molar-refractivity contribution < 1.29 is 0 Å². The van der Waals surface area contributed by atoms with E-state index in [1.807, 2.05) is 13.2 Å². The Morgan fingerprint density at radius 1 is 1.17 bits per heavy atom. The molecule has 7 nitrogen and oxygen atoms in total. The summed E-state index contributed by atoms with van der Waals surface area (Å²) in [6.07, 6.45) is 6.46. The molecule has 1 fully saturated rings. The number of nitrogens with zero attached hydrogens (tertiary/aromatic N) is 4. The van der Waals surface area contributed by atoms with Crippen LogP contribution in [0.1, 0.15) is 25.3 Å². The molecule has 1 saturated heterocycles. The van der Waals surface area contributed by atoms with Gasteiger partial charge in [0.05, 0.1) is 11.9 Å². The van der Waals surface area contributed by atoms with E-state index in [0.717, 1.165) is 60.9 Å². The predicted octanol–water partition coefficient (Wildman–Crippen LogP) is 2.33. The van der Waals surface area contributed by atoms with E-state index in [2.05, 4.69) is 64.9 Å². The van der Waals surface area contributed by atoms with Gasteiger partial charge in [0.1, 0.15) is 0 Å². The van der Waals surface area contributed by atoms with E-state index >= 15 is 0 Å². The summed E-state index contributed by atoms with van der Waals surface area (Å²) in [6.45, 7) is 4.77. The fourth-order valence-corrected chi connectivity index (χ4v) is 3.84. The second kappa shape index (κ2) is 8.39. The Balaban J connectivity index is 1.74. The summed E-state index contributed by atoms with van der Waals surface area (Å²) < 4.78 is 0. The van der Waals surface area contributed by atoms with E-state index in [1.54, 1.807) is 0 Å². The third-order valence-electron chi connectivity index (χ3n) is 5.95. The van der Waals surface area contributed by atoms with Crippen LogP contribution in [0.15, 0.2) is 36.7 Å². The standard InChI is InChI=1S/C22H31N7/c1-15-25-12-17(14-28(15)3)20-13-26-22(29-10-8-18(23)9-11-29)27-21(20)16-4-6-19(24-2)7-5-16/h4-7,13-15,18,24-25H,8-12,23H2,1-3H3. The van der Waals surface area contributed by atoms with Gasteiger partial charge in [-0.05, 0) is 37.5 Å². The number of nitrogens with two attached hydrogens (primary N) is 1. The van der Waals surface area contributed by atoms with E-state index < -0.39 is 0 Å². The highest BCUT2D eigenvalue weighted by molar-refractivity contribution is 5.80. The quantitative estimate of drug-likeness (QED) is 0.735. The molecular weight excluding hydrogens is 362 g/mol. The first-order valence-corrected chi connectivity index (χ1v) is 10.4. The van der Waals surface area contributed by atoms with Crippen molar-refractivity contribution in [1.82, 2.24) is 20.2 Å². The topological polar surface area (TPSA) is 82.3 Å². The summed E-state index contributed by atoms with van der Waals surface area (Å²) in [6, 6.07) is 8.70. The molecule has 0 saturated carbocycles. The van der Waals surface area contributed by atoms with Crippen LogP contribution in [0.25, 0.3) is 16.8 Å². The van der Waals surface area contributed by atoms with Crippen molar-refractivity contribution in [2.75, 3.05) is 43.9 Å². The molecule has 0 amide bonds. The van der Waals surface area contributed by atoms with E-state index in [0.29, 0.717) is 6.17 Å². The lowest BCUT2D eigenvalue weighted by Crippen LogP contribution is -2.43. The first-order valence-electron chi connectivity index (χ1n) is 10.4. The third-order valence-corrected chi connectivity index (χ3v) is 5.95. The summed E-state index contributed by atoms with van der Waals surface area (Å²) in [7, 11) is 4.02. The lowest BCUT2D eigenvalue weighted by molar-refractivity contribution is 0.294. The lowest BCUT2D eigenvalue weighted by Gasteiger charge is -2.32. The molecule has 1 aromatic carbocycles. The number of nitrogens with one attached hydrogen (secondary N) is 2. The largest absolute Gasteiger partial charge is 0.388 e. The molecule has 0 aliphatic carbocycles. The Bertz CT molecular complexity index is 869. The van der Waals surface area contributed by atoms with Crippen molar-refractivity contribution in [3.63, 3.8) is 0 Å². The molecule has 0 bridgehead atoms. The second-order valence-electron chi connectivity index (χ2n) is 7.96. The molecule has 0 spiro atoms. The zero-order valence-corrected chi connectivity index (χ0v) is 17.5. The molecule has 2 aliphatic rings. The molecule has 2 aliphatic heterocycles. The van der Waals surface area contributed by atoms with Gasteiger partial charge in [0, 0.05) is 69.0 Å². The van der Waals surface area contributed by atoms with Crippen LogP contribution in [-0.2, 0) is 0 Å². The van der Waals surface area contributed by atoms with Gasteiger partial charge in [0.25, 0.3) is 0 Å². The van der Waals surface area contributed by atoms with Gasteiger partial charge in [-0.15, -0.1) is 0 Å². The average molecular weight is 394 g/mol. The highest BCUT2D eigenvalue weighted by Gasteiger charge is 2.22. The van der Waals surface area contributed by atoms with Crippen LogP contribution in [-0.4, -0.2) is 60.8 Å². The monoisotopic (exact) mass is 393 g/mol. The summed E-state index contributed by atoms with van der Waals surface area (Å²) in [5, 5.41) is 6.71. The van der Waals surface area contributed by atoms with Gasteiger partial charge in [-0.25, -0.2) is 9.97 Å². The molecule has 7 heteroatoms. The summed E-state index contributed by atoms with van der Waals surface area (Å²) >= 11 is 0. The SMILES string of the molecule is CNc1ccc(-c2nc(N3CCC(N)CC3)ncc2C2=CN(C)C(C)NC2)cc1. The maximum absolute atomic E-state index is 6.08. The van der Waals surface area contributed by atoms with Crippen LogP contribution in [0.4, 0.5) is 11.6 Å². The first-order chi connectivity index (χ1) is 14.0. The van der Waals surface area contributed by atoms with Crippen LogP contribution in [0, 0.1) is 0 Å². The second-order valence-corrected chi connectivity index (χ2v) is 7.96. The zero-order chi connectivity index (χ0) is 20.4. The number of hydrogen-bond donors (Lipinski definition) is 3. The third kappa shape index (κ3) is 4.21. The molecule has 1 atom stereocenters. The number of benzene rings is 1. The van der Waals surface area contributed by atoms with Crippen LogP contribution < -0.4 is 21.3 Å². The number of piperidine rings is 1. The number of anilines is 2. The molecule has 3 heterocycles. The average Bonchev–Trinajstić information content (AvgIpc) is 2.76. The smallest absolute Gasteiger partial charge is 0.225 e. The van der Waals surface area contributed by atoms with E-state index in [9.17, 15) is 0 Å². The Kier molecular flexibility index (Phi) is 5.69. The highest BCUT2D eigenvalue weighted by atomic mass is 15.3. The van der Waals surface area contributed by atoms with Crippen LogP contribution in [0.3, 0.4) is 0 Å². The van der Waals surface area contributed by atoms with Crippen molar-refractivity contribution >= 4 is 17.2 Å². The Morgan fingerprint density at radius 2 is 1.90 bits per heavy atom. The molecule has 4 rings (SSSR count). The van der Waals surface area contributed by atoms with Crippen LogP contribution in [0.2, 0.25) is 0 Å². The fourth-order valence-electron chi connectivity index (χ4n) is 3.84. The van der Waals surface area contributed by atoms with Gasteiger partial charge in [-0.3, -0.25) is 5.32 Å². The molecule has 1 unspecified atom stereocenters. The minimum absolute atomic E-state index is 0.287. The van der Waals surface area contributed by atoms with Gasteiger partial charge < -0.3 is 20.9 Å². The van der Waals surface area contributed by atoms with Crippen molar-refractivity contribution in [1.29, 1.82) is 0 Å². The van der Waals surface area contributed by atoms with Gasteiger partial charge in [0.2, 0.25) is 5.95 Å². The van der Waals surface area contributed by atoms with Crippen molar-refractivity contribution in [3.8, 4) is 11.3 Å². The highest BCUT2D eigenvalue weighted by Crippen LogP contribution is 2.31. The fraction of sp³-hybridized carbons (Fsp3) is 0.455. The Morgan fingerprint density at radius 3 is 2.55 bits per heavy atom. The van der Waals surface area contributed by atoms with E-state index in [4.69, 9.17) is 15.7 Å². The first kappa shape index (κ1) is 19.7. The van der Waals surface area contributed by atoms with E-state index in [-0.39, 0.29) is 6.04 Å². The molecule has 29 heavy (non-hydrogen) atoms. The normalized spacial score (nSPS) is 20.6. The van der Waals surface area contributed by atoms with Gasteiger partial charge in [-0.2, -0.15) is 0 Å². The lowest BCUT2D eigenvalue weighted by atomic mass is 10.00. The molecule has 154 valence electrons. The van der Waals surface area contributed by atoms with Gasteiger partial charge >= 0.3 is 0 Å². The van der Waals surface area contributed by atoms with Gasteiger partial charge in [0.15, 0.2) is 0 Å². The van der Waals surface area contributed by atoms with Crippen molar-refractivity contribution in [2.45, 2.75) is 32.0 Å². The molecular formula is C22H31N7. The summed E-state index contributed by atoms with van der Waals surface area (Å²) in [5.41, 5.74) is 11.5. The molecule has 4 N–H and O–H groups in total. The summed E-state index contributed by atoms with van der Waals surface area (Å²) in [4.78, 5) is 14.2.